The molecular formula is C13H28N2OS. The summed E-state index contributed by atoms with van der Waals surface area (Å²) in [5.74, 6) is 0. The van der Waals surface area contributed by atoms with Gasteiger partial charge in [-0.15, -0.1) is 0 Å². The zero-order chi connectivity index (χ0) is 13.2. The second-order valence-corrected chi connectivity index (χ2v) is 8.24. The van der Waals surface area contributed by atoms with Crippen LogP contribution in [0.4, 0.5) is 0 Å². The van der Waals surface area contributed by atoms with Crippen LogP contribution in [0.1, 0.15) is 34.6 Å². The van der Waals surface area contributed by atoms with Crippen molar-refractivity contribution in [3.05, 3.63) is 0 Å². The van der Waals surface area contributed by atoms with Gasteiger partial charge in [0.15, 0.2) is 0 Å². The van der Waals surface area contributed by atoms with Crippen LogP contribution in [0.2, 0.25) is 0 Å². The Hall–Kier alpha value is 0.0700. The normalized spacial score (nSPS) is 31.2. The van der Waals surface area contributed by atoms with Crippen LogP contribution in [0.15, 0.2) is 0 Å². The molecule has 0 bridgehead atoms. The highest BCUT2D eigenvalue weighted by atomic mass is 32.2. The molecule has 4 atom stereocenters. The first kappa shape index (κ1) is 15.1. The van der Waals surface area contributed by atoms with Crippen LogP contribution < -0.4 is 5.32 Å². The maximum Gasteiger partial charge on any atom is 0.0444 e. The predicted octanol–water partition coefficient (Wildman–Crippen LogP) is 1.46. The molecule has 0 aromatic heterocycles. The maximum absolute atomic E-state index is 11.5. The maximum atomic E-state index is 11.5. The third-order valence-corrected chi connectivity index (χ3v) is 5.09. The zero-order valence-corrected chi connectivity index (χ0v) is 12.9. The van der Waals surface area contributed by atoms with Crippen molar-refractivity contribution in [1.29, 1.82) is 0 Å². The molecule has 17 heavy (non-hydrogen) atoms. The first-order valence-electron chi connectivity index (χ1n) is 6.51. The lowest BCUT2D eigenvalue weighted by Gasteiger charge is -2.44. The molecule has 0 aliphatic carbocycles. The van der Waals surface area contributed by atoms with E-state index in [0.717, 1.165) is 19.6 Å². The summed E-state index contributed by atoms with van der Waals surface area (Å²) in [6, 6.07) is 1.07. The van der Waals surface area contributed by atoms with E-state index < -0.39 is 10.8 Å². The molecule has 0 amide bonds. The highest BCUT2D eigenvalue weighted by molar-refractivity contribution is 7.84. The van der Waals surface area contributed by atoms with Gasteiger partial charge in [0.1, 0.15) is 0 Å². The minimum Gasteiger partial charge on any atom is -0.311 e. The summed E-state index contributed by atoms with van der Waals surface area (Å²) in [5.41, 5.74) is 0.285. The van der Waals surface area contributed by atoms with Gasteiger partial charge in [-0.3, -0.25) is 9.11 Å². The first-order chi connectivity index (χ1) is 7.71. The lowest BCUT2D eigenvalue weighted by atomic mass is 9.85. The van der Waals surface area contributed by atoms with E-state index in [9.17, 15) is 4.21 Å². The monoisotopic (exact) mass is 260 g/mol. The SMILES string of the molecule is CC1CNC(C(C)(C)C)CN1CC(C)S(C)=O. The van der Waals surface area contributed by atoms with E-state index in [0.29, 0.717) is 12.1 Å². The van der Waals surface area contributed by atoms with Gasteiger partial charge in [0.25, 0.3) is 0 Å². The minimum absolute atomic E-state index is 0.260. The molecule has 0 saturated carbocycles. The topological polar surface area (TPSA) is 32.3 Å². The van der Waals surface area contributed by atoms with Crippen molar-refractivity contribution in [1.82, 2.24) is 10.2 Å². The van der Waals surface area contributed by atoms with Crippen molar-refractivity contribution in [3.8, 4) is 0 Å². The summed E-state index contributed by atoms with van der Waals surface area (Å²) in [6.07, 6.45) is 1.80. The molecule has 1 saturated heterocycles. The molecule has 1 rings (SSSR count). The van der Waals surface area contributed by atoms with Crippen molar-refractivity contribution < 1.29 is 4.21 Å². The Bertz CT molecular complexity index is 275. The molecule has 1 aliphatic rings. The van der Waals surface area contributed by atoms with Gasteiger partial charge in [0.2, 0.25) is 0 Å². The average molecular weight is 260 g/mol. The van der Waals surface area contributed by atoms with Crippen molar-refractivity contribution in [2.75, 3.05) is 25.9 Å². The van der Waals surface area contributed by atoms with Crippen molar-refractivity contribution in [2.45, 2.75) is 52.0 Å². The molecule has 1 fully saturated rings. The second-order valence-electron chi connectivity index (χ2n) is 6.44. The molecule has 0 aromatic rings. The lowest BCUT2D eigenvalue weighted by Crippen LogP contribution is -2.60. The van der Waals surface area contributed by atoms with Crippen LogP contribution in [-0.4, -0.2) is 52.3 Å². The van der Waals surface area contributed by atoms with Crippen LogP contribution in [0.25, 0.3) is 0 Å². The number of hydrogen-bond donors (Lipinski definition) is 1. The van der Waals surface area contributed by atoms with Crippen LogP contribution in [-0.2, 0) is 10.8 Å². The van der Waals surface area contributed by atoms with E-state index in [-0.39, 0.29) is 10.7 Å². The summed E-state index contributed by atoms with van der Waals surface area (Å²) in [5, 5.41) is 3.88. The molecule has 4 heteroatoms. The van der Waals surface area contributed by atoms with Gasteiger partial charge in [0.05, 0.1) is 0 Å². The van der Waals surface area contributed by atoms with E-state index >= 15 is 0 Å². The van der Waals surface area contributed by atoms with Crippen LogP contribution >= 0.6 is 0 Å². The molecule has 4 unspecified atom stereocenters. The Morgan fingerprint density at radius 2 is 2.06 bits per heavy atom. The molecule has 1 aliphatic heterocycles. The third-order valence-electron chi connectivity index (χ3n) is 3.80. The summed E-state index contributed by atoms with van der Waals surface area (Å²) in [6.45, 7) is 14.2. The molecule has 1 N–H and O–H groups in total. The van der Waals surface area contributed by atoms with Crippen LogP contribution in [0, 0.1) is 5.41 Å². The Morgan fingerprint density at radius 3 is 2.53 bits per heavy atom. The van der Waals surface area contributed by atoms with Crippen molar-refractivity contribution >= 4 is 10.8 Å². The number of nitrogens with zero attached hydrogens (tertiary/aromatic N) is 1. The number of nitrogens with one attached hydrogen (secondary N) is 1. The molecular weight excluding hydrogens is 232 g/mol. The summed E-state index contributed by atoms with van der Waals surface area (Å²) < 4.78 is 11.5. The van der Waals surface area contributed by atoms with Crippen molar-refractivity contribution in [3.63, 3.8) is 0 Å². The highest BCUT2D eigenvalue weighted by Gasteiger charge is 2.32. The number of rotatable bonds is 3. The highest BCUT2D eigenvalue weighted by Crippen LogP contribution is 2.23. The Kier molecular flexibility index (Phi) is 5.17. The molecule has 0 aromatic carbocycles. The largest absolute Gasteiger partial charge is 0.311 e. The fourth-order valence-electron chi connectivity index (χ4n) is 2.19. The van der Waals surface area contributed by atoms with Crippen LogP contribution in [0.3, 0.4) is 0 Å². The Balaban J connectivity index is 2.61. The fraction of sp³-hybridized carbons (Fsp3) is 1.00. The predicted molar refractivity (Wildman–Crippen MR) is 75.8 cm³/mol. The molecule has 102 valence electrons. The van der Waals surface area contributed by atoms with E-state index in [1.807, 2.05) is 0 Å². The van der Waals surface area contributed by atoms with Gasteiger partial charge in [-0.25, -0.2) is 0 Å². The summed E-state index contributed by atoms with van der Waals surface area (Å²) in [4.78, 5) is 2.48. The number of piperazine rings is 1. The Morgan fingerprint density at radius 1 is 1.47 bits per heavy atom. The molecule has 0 spiro atoms. The van der Waals surface area contributed by atoms with Crippen LogP contribution in [0.5, 0.6) is 0 Å². The fourth-order valence-corrected chi connectivity index (χ4v) is 2.59. The number of hydrogen-bond acceptors (Lipinski definition) is 3. The molecule has 0 radical (unpaired) electrons. The van der Waals surface area contributed by atoms with E-state index in [2.05, 4.69) is 44.8 Å². The smallest absolute Gasteiger partial charge is 0.0444 e. The third kappa shape index (κ3) is 4.34. The second kappa shape index (κ2) is 5.81. The molecule has 3 nitrogen and oxygen atoms in total. The zero-order valence-electron chi connectivity index (χ0n) is 12.1. The average Bonchev–Trinajstić information content (AvgIpc) is 2.19. The summed E-state index contributed by atoms with van der Waals surface area (Å²) in [7, 11) is -0.721. The van der Waals surface area contributed by atoms with Crippen molar-refractivity contribution in [2.24, 2.45) is 5.41 Å². The van der Waals surface area contributed by atoms with Gasteiger partial charge < -0.3 is 5.32 Å². The van der Waals surface area contributed by atoms with Gasteiger partial charge in [-0.2, -0.15) is 0 Å². The Labute approximate surface area is 109 Å². The van der Waals surface area contributed by atoms with Gasteiger partial charge in [0, 0.05) is 54.0 Å². The minimum atomic E-state index is -0.721. The van der Waals surface area contributed by atoms with Gasteiger partial charge in [-0.1, -0.05) is 20.8 Å². The standard InChI is InChI=1S/C13H28N2OS/c1-10-7-14-12(13(3,4)5)9-15(10)8-11(2)17(6)16/h10-12,14H,7-9H2,1-6H3. The van der Waals surface area contributed by atoms with E-state index in [1.54, 1.807) is 6.26 Å². The quantitative estimate of drug-likeness (QED) is 0.834. The first-order valence-corrected chi connectivity index (χ1v) is 8.13. The summed E-state index contributed by atoms with van der Waals surface area (Å²) >= 11 is 0. The lowest BCUT2D eigenvalue weighted by molar-refractivity contribution is 0.0948. The van der Waals surface area contributed by atoms with Gasteiger partial charge >= 0.3 is 0 Å². The molecule has 1 heterocycles. The van der Waals surface area contributed by atoms with E-state index in [1.165, 1.54) is 0 Å². The van der Waals surface area contributed by atoms with E-state index in [4.69, 9.17) is 0 Å². The van der Waals surface area contributed by atoms with Gasteiger partial charge in [-0.05, 0) is 19.3 Å².